The van der Waals surface area contributed by atoms with Crippen LogP contribution in [0.2, 0.25) is 0 Å². The number of hydrogen-bond acceptors (Lipinski definition) is 6. The van der Waals surface area contributed by atoms with E-state index < -0.39 is 35.7 Å². The summed E-state index contributed by atoms with van der Waals surface area (Å²) in [4.78, 5) is 56.1. The molecule has 5 unspecified atom stereocenters. The largest absolute Gasteiger partial charge is 0.442 e. The molecule has 0 spiro atoms. The fourth-order valence-electron chi connectivity index (χ4n) is 5.75. The number of alkyl carbamates (subject to hydrolysis) is 1. The van der Waals surface area contributed by atoms with Crippen molar-refractivity contribution in [3.05, 3.63) is 0 Å². The SMILES string of the molecule is CNC(C)C(=O)NC(C(=O)N1CCC2C1C(OC(=O)NC1CCCCC1)CN2C(=O)NC(C)C)C(C)(C)C. The van der Waals surface area contributed by atoms with Gasteiger partial charge in [-0.2, -0.15) is 0 Å². The van der Waals surface area contributed by atoms with Gasteiger partial charge >= 0.3 is 12.1 Å². The summed E-state index contributed by atoms with van der Waals surface area (Å²) < 4.78 is 5.93. The first-order valence-electron chi connectivity index (χ1n) is 14.2. The van der Waals surface area contributed by atoms with E-state index in [9.17, 15) is 19.2 Å². The van der Waals surface area contributed by atoms with Crippen molar-refractivity contribution in [3.8, 4) is 0 Å². The highest BCUT2D eigenvalue weighted by Crippen LogP contribution is 2.36. The minimum absolute atomic E-state index is 0.0516. The number of nitrogens with one attached hydrogen (secondary N) is 4. The lowest BCUT2D eigenvalue weighted by molar-refractivity contribution is -0.141. The van der Waals surface area contributed by atoms with Gasteiger partial charge in [-0.25, -0.2) is 9.59 Å². The molecule has 1 saturated carbocycles. The molecule has 0 aromatic heterocycles. The molecule has 5 atom stereocenters. The Morgan fingerprint density at radius 3 is 2.16 bits per heavy atom. The zero-order chi connectivity index (χ0) is 28.2. The number of likely N-dealkylation sites (N-methyl/N-ethyl adjacent to an activating group) is 1. The summed E-state index contributed by atoms with van der Waals surface area (Å²) in [6.07, 6.45) is 4.59. The molecule has 3 fully saturated rings. The van der Waals surface area contributed by atoms with Crippen molar-refractivity contribution < 1.29 is 23.9 Å². The third kappa shape index (κ3) is 7.09. The molecule has 38 heavy (non-hydrogen) atoms. The van der Waals surface area contributed by atoms with Crippen molar-refractivity contribution in [1.29, 1.82) is 0 Å². The summed E-state index contributed by atoms with van der Waals surface area (Å²) in [5, 5.41) is 11.8. The summed E-state index contributed by atoms with van der Waals surface area (Å²) in [5.41, 5.74) is -0.555. The molecule has 2 saturated heterocycles. The number of ether oxygens (including phenoxy) is 1. The first-order valence-corrected chi connectivity index (χ1v) is 14.2. The molecule has 0 radical (unpaired) electrons. The van der Waals surface area contributed by atoms with Gasteiger partial charge in [-0.3, -0.25) is 9.59 Å². The lowest BCUT2D eigenvalue weighted by Crippen LogP contribution is -2.59. The highest BCUT2D eigenvalue weighted by atomic mass is 16.6. The molecule has 3 rings (SSSR count). The molecular formula is C27H48N6O5. The second-order valence-corrected chi connectivity index (χ2v) is 12.4. The van der Waals surface area contributed by atoms with Crippen molar-refractivity contribution in [3.63, 3.8) is 0 Å². The summed E-state index contributed by atoms with van der Waals surface area (Å²) in [6, 6.07) is -2.19. The van der Waals surface area contributed by atoms with Crippen LogP contribution in [-0.4, -0.2) is 96.2 Å². The van der Waals surface area contributed by atoms with Crippen molar-refractivity contribution in [2.75, 3.05) is 20.1 Å². The second-order valence-electron chi connectivity index (χ2n) is 12.4. The van der Waals surface area contributed by atoms with E-state index in [1.807, 2.05) is 34.6 Å². The van der Waals surface area contributed by atoms with E-state index in [1.54, 1.807) is 23.8 Å². The van der Waals surface area contributed by atoms with Crippen molar-refractivity contribution >= 4 is 23.9 Å². The molecule has 216 valence electrons. The van der Waals surface area contributed by atoms with Crippen LogP contribution in [0.4, 0.5) is 9.59 Å². The number of fused-ring (bicyclic) bond motifs is 1. The number of carbonyl (C=O) groups is 4. The number of carbonyl (C=O) groups excluding carboxylic acids is 4. The van der Waals surface area contributed by atoms with E-state index in [-0.39, 0.29) is 42.5 Å². The van der Waals surface area contributed by atoms with E-state index in [0.29, 0.717) is 13.0 Å². The predicted molar refractivity (Wildman–Crippen MR) is 144 cm³/mol. The maximum absolute atomic E-state index is 14.0. The number of amides is 5. The molecular weight excluding hydrogens is 488 g/mol. The number of rotatable bonds is 7. The Morgan fingerprint density at radius 2 is 1.58 bits per heavy atom. The van der Waals surface area contributed by atoms with Crippen LogP contribution in [0.3, 0.4) is 0 Å². The molecule has 1 aliphatic carbocycles. The maximum Gasteiger partial charge on any atom is 0.407 e. The van der Waals surface area contributed by atoms with Gasteiger partial charge in [0.15, 0.2) is 0 Å². The summed E-state index contributed by atoms with van der Waals surface area (Å²) >= 11 is 0. The zero-order valence-electron chi connectivity index (χ0n) is 24.1. The molecule has 0 aromatic carbocycles. The van der Waals surface area contributed by atoms with Gasteiger partial charge < -0.3 is 35.8 Å². The number of nitrogens with zero attached hydrogens (tertiary/aromatic N) is 2. The van der Waals surface area contributed by atoms with Gasteiger partial charge in [-0.15, -0.1) is 0 Å². The van der Waals surface area contributed by atoms with Crippen LogP contribution in [0.5, 0.6) is 0 Å². The lowest BCUT2D eigenvalue weighted by atomic mass is 9.85. The van der Waals surface area contributed by atoms with E-state index in [2.05, 4.69) is 21.3 Å². The van der Waals surface area contributed by atoms with E-state index >= 15 is 0 Å². The number of likely N-dealkylation sites (tertiary alicyclic amines) is 2. The van der Waals surface area contributed by atoms with Crippen molar-refractivity contribution in [2.45, 2.75) is 122 Å². The number of urea groups is 1. The van der Waals surface area contributed by atoms with Crippen LogP contribution in [-0.2, 0) is 14.3 Å². The van der Waals surface area contributed by atoms with Gasteiger partial charge in [0.25, 0.3) is 0 Å². The average molecular weight is 537 g/mol. The Balaban J connectivity index is 1.82. The monoisotopic (exact) mass is 536 g/mol. The quantitative estimate of drug-likeness (QED) is 0.393. The van der Waals surface area contributed by atoms with Crippen LogP contribution < -0.4 is 21.3 Å². The molecule has 3 aliphatic rings. The van der Waals surface area contributed by atoms with Gasteiger partial charge in [-0.05, 0) is 52.5 Å². The first kappa shape index (κ1) is 30.0. The van der Waals surface area contributed by atoms with Crippen molar-refractivity contribution in [1.82, 2.24) is 31.1 Å². The Hall–Kier alpha value is -2.56. The van der Waals surface area contributed by atoms with E-state index in [1.165, 1.54) is 6.42 Å². The van der Waals surface area contributed by atoms with Crippen LogP contribution >= 0.6 is 0 Å². The second kappa shape index (κ2) is 12.5. The van der Waals surface area contributed by atoms with Gasteiger partial charge in [0, 0.05) is 18.6 Å². The fraction of sp³-hybridized carbons (Fsp3) is 0.852. The fourth-order valence-corrected chi connectivity index (χ4v) is 5.75. The first-order chi connectivity index (χ1) is 17.8. The minimum atomic E-state index is -0.778. The molecule has 2 heterocycles. The number of hydrogen-bond donors (Lipinski definition) is 4. The Labute approximate surface area is 227 Å². The average Bonchev–Trinajstić information content (AvgIpc) is 3.42. The Morgan fingerprint density at radius 1 is 0.921 bits per heavy atom. The van der Waals surface area contributed by atoms with Gasteiger partial charge in [0.2, 0.25) is 11.8 Å². The third-order valence-corrected chi connectivity index (χ3v) is 7.95. The maximum atomic E-state index is 14.0. The highest BCUT2D eigenvalue weighted by molar-refractivity contribution is 5.91. The van der Waals surface area contributed by atoms with Crippen LogP contribution in [0.25, 0.3) is 0 Å². The minimum Gasteiger partial charge on any atom is -0.442 e. The highest BCUT2D eigenvalue weighted by Gasteiger charge is 2.55. The summed E-state index contributed by atoms with van der Waals surface area (Å²) in [7, 11) is 1.69. The molecule has 11 nitrogen and oxygen atoms in total. The van der Waals surface area contributed by atoms with E-state index in [0.717, 1.165) is 25.7 Å². The molecule has 0 aromatic rings. The van der Waals surface area contributed by atoms with Crippen LogP contribution in [0, 0.1) is 5.41 Å². The predicted octanol–water partition coefficient (Wildman–Crippen LogP) is 1.96. The molecule has 2 aliphatic heterocycles. The third-order valence-electron chi connectivity index (χ3n) is 7.95. The Bertz CT molecular complexity index is 869. The smallest absolute Gasteiger partial charge is 0.407 e. The summed E-state index contributed by atoms with van der Waals surface area (Å²) in [6.45, 7) is 11.9. The molecule has 5 amide bonds. The Kier molecular flexibility index (Phi) is 9.89. The van der Waals surface area contributed by atoms with Gasteiger partial charge in [0.1, 0.15) is 12.1 Å². The topological polar surface area (TPSA) is 132 Å². The molecule has 11 heteroatoms. The van der Waals surface area contributed by atoms with E-state index in [4.69, 9.17) is 4.74 Å². The molecule has 4 N–H and O–H groups in total. The van der Waals surface area contributed by atoms with Crippen molar-refractivity contribution in [2.24, 2.45) is 5.41 Å². The van der Waals surface area contributed by atoms with Gasteiger partial charge in [0.05, 0.1) is 24.7 Å². The van der Waals surface area contributed by atoms with Crippen LogP contribution in [0.1, 0.15) is 80.1 Å². The van der Waals surface area contributed by atoms with Crippen LogP contribution in [0.15, 0.2) is 0 Å². The summed E-state index contributed by atoms with van der Waals surface area (Å²) in [5.74, 6) is -0.491. The lowest BCUT2D eigenvalue weighted by Gasteiger charge is -2.37. The standard InChI is InChI=1S/C27H48N6O5/c1-16(2)29-25(36)33-15-20(38-26(37)30-18-11-9-8-10-12-18)21-19(33)13-14-32(21)24(35)22(27(4,5)6)31-23(34)17(3)28-7/h16-22,28H,8-15H2,1-7H3,(H,29,36)(H,30,37)(H,31,34). The normalized spacial score (nSPS) is 25.5. The zero-order valence-corrected chi connectivity index (χ0v) is 24.1. The van der Waals surface area contributed by atoms with Gasteiger partial charge in [-0.1, -0.05) is 40.0 Å². The molecule has 0 bridgehead atoms.